The van der Waals surface area contributed by atoms with Gasteiger partial charge in [-0.1, -0.05) is 42.5 Å². The molecule has 1 aliphatic heterocycles. The number of aromatic hydroxyl groups is 1. The van der Waals surface area contributed by atoms with Crippen LogP contribution in [0, 0.1) is 13.8 Å². The minimum absolute atomic E-state index is 0.177. The predicted molar refractivity (Wildman–Crippen MR) is 125 cm³/mol. The Morgan fingerprint density at radius 3 is 2.29 bits per heavy atom. The number of hydrogen-bond acceptors (Lipinski definition) is 4. The van der Waals surface area contributed by atoms with Crippen LogP contribution in [-0.2, 0) is 0 Å². The van der Waals surface area contributed by atoms with Gasteiger partial charge >= 0.3 is 0 Å². The highest BCUT2D eigenvalue weighted by atomic mass is 16.3. The second kappa shape index (κ2) is 8.98. The minimum Gasteiger partial charge on any atom is -0.506 e. The van der Waals surface area contributed by atoms with Crippen LogP contribution in [0.15, 0.2) is 60.7 Å². The molecule has 1 atom stereocenters. The van der Waals surface area contributed by atoms with E-state index in [-0.39, 0.29) is 11.8 Å². The third-order valence-corrected chi connectivity index (χ3v) is 6.42. The van der Waals surface area contributed by atoms with E-state index in [4.69, 9.17) is 0 Å². The van der Waals surface area contributed by atoms with Gasteiger partial charge in [0.1, 0.15) is 5.75 Å². The lowest BCUT2D eigenvalue weighted by Crippen LogP contribution is -2.48. The lowest BCUT2D eigenvalue weighted by molar-refractivity contribution is 0.0925. The largest absolute Gasteiger partial charge is 0.506 e. The van der Waals surface area contributed by atoms with Crippen LogP contribution < -0.4 is 4.90 Å². The number of phenols is 1. The van der Waals surface area contributed by atoms with E-state index < -0.39 is 0 Å². The van der Waals surface area contributed by atoms with Gasteiger partial charge in [0.15, 0.2) is 5.78 Å². The molecule has 31 heavy (non-hydrogen) atoms. The summed E-state index contributed by atoms with van der Waals surface area (Å²) in [6.07, 6.45) is 0. The van der Waals surface area contributed by atoms with E-state index in [9.17, 15) is 9.90 Å². The standard InChI is InChI=1S/C26H31N3O2/c1-19-17-23(21(3)29(19)20(2)22-9-5-4-6-10-22)26(31)18-27-13-15-28(16-14-27)24-11-7-8-12-25(24)30/h4-12,17,20,30H,13-16,18H2,1-3H3/t20-/m0/s1. The number of carbonyl (C=O) groups is 1. The topological polar surface area (TPSA) is 48.7 Å². The predicted octanol–water partition coefficient (Wildman–Crippen LogP) is 4.42. The minimum atomic E-state index is 0.177. The number of rotatable bonds is 6. The van der Waals surface area contributed by atoms with Crippen molar-refractivity contribution < 1.29 is 9.90 Å². The molecule has 1 aromatic heterocycles. The van der Waals surface area contributed by atoms with Crippen LogP contribution in [0.3, 0.4) is 0 Å². The fraction of sp³-hybridized carbons (Fsp3) is 0.346. The monoisotopic (exact) mass is 417 g/mol. The quantitative estimate of drug-likeness (QED) is 0.603. The molecular formula is C26H31N3O2. The van der Waals surface area contributed by atoms with E-state index in [0.29, 0.717) is 12.3 Å². The van der Waals surface area contributed by atoms with Gasteiger partial charge in [0, 0.05) is 43.1 Å². The van der Waals surface area contributed by atoms with Gasteiger partial charge in [-0.25, -0.2) is 0 Å². The molecule has 0 amide bonds. The molecule has 4 rings (SSSR count). The van der Waals surface area contributed by atoms with Crippen molar-refractivity contribution in [1.29, 1.82) is 0 Å². The summed E-state index contributed by atoms with van der Waals surface area (Å²) in [4.78, 5) is 17.6. The number of benzene rings is 2. The SMILES string of the molecule is Cc1cc(C(=O)CN2CCN(c3ccccc3O)CC2)c(C)n1[C@@H](C)c1ccccc1. The van der Waals surface area contributed by atoms with Crippen molar-refractivity contribution in [3.63, 3.8) is 0 Å². The van der Waals surface area contributed by atoms with Crippen LogP contribution in [0.4, 0.5) is 5.69 Å². The summed E-state index contributed by atoms with van der Waals surface area (Å²) in [7, 11) is 0. The summed E-state index contributed by atoms with van der Waals surface area (Å²) in [5.74, 6) is 0.489. The molecular weight excluding hydrogens is 386 g/mol. The number of carbonyl (C=O) groups excluding carboxylic acids is 1. The molecule has 2 heterocycles. The van der Waals surface area contributed by atoms with E-state index >= 15 is 0 Å². The molecule has 3 aromatic rings. The Labute approximate surface area is 184 Å². The van der Waals surface area contributed by atoms with E-state index in [2.05, 4.69) is 59.4 Å². The molecule has 5 heteroatoms. The Balaban J connectivity index is 1.42. The zero-order chi connectivity index (χ0) is 22.0. The molecule has 2 aromatic carbocycles. The molecule has 1 fully saturated rings. The first kappa shape index (κ1) is 21.2. The van der Waals surface area contributed by atoms with Crippen molar-refractivity contribution >= 4 is 11.5 Å². The highest BCUT2D eigenvalue weighted by Crippen LogP contribution is 2.28. The molecule has 1 saturated heterocycles. The van der Waals surface area contributed by atoms with E-state index in [1.165, 1.54) is 5.56 Å². The second-order valence-corrected chi connectivity index (χ2v) is 8.42. The lowest BCUT2D eigenvalue weighted by Gasteiger charge is -2.36. The zero-order valence-electron chi connectivity index (χ0n) is 18.6. The third kappa shape index (κ3) is 4.37. The summed E-state index contributed by atoms with van der Waals surface area (Å²) < 4.78 is 2.26. The number of piperazine rings is 1. The first-order valence-corrected chi connectivity index (χ1v) is 11.0. The Morgan fingerprint density at radius 1 is 0.968 bits per heavy atom. The van der Waals surface area contributed by atoms with Gasteiger partial charge in [-0.05, 0) is 44.5 Å². The van der Waals surface area contributed by atoms with Gasteiger partial charge in [-0.2, -0.15) is 0 Å². The van der Waals surface area contributed by atoms with Gasteiger partial charge < -0.3 is 14.6 Å². The summed E-state index contributed by atoms with van der Waals surface area (Å²) >= 11 is 0. The highest BCUT2D eigenvalue weighted by Gasteiger charge is 2.24. The summed E-state index contributed by atoms with van der Waals surface area (Å²) in [6, 6.07) is 20.1. The van der Waals surface area contributed by atoms with E-state index in [1.54, 1.807) is 6.07 Å². The maximum absolute atomic E-state index is 13.2. The normalized spacial score (nSPS) is 15.8. The van der Waals surface area contributed by atoms with Crippen molar-refractivity contribution in [3.05, 3.63) is 83.2 Å². The van der Waals surface area contributed by atoms with Crippen LogP contribution in [-0.4, -0.2) is 53.1 Å². The van der Waals surface area contributed by atoms with Crippen molar-refractivity contribution in [2.75, 3.05) is 37.6 Å². The van der Waals surface area contributed by atoms with Gasteiger partial charge in [0.2, 0.25) is 0 Å². The van der Waals surface area contributed by atoms with Crippen LogP contribution >= 0.6 is 0 Å². The fourth-order valence-corrected chi connectivity index (χ4v) is 4.70. The maximum Gasteiger partial charge on any atom is 0.178 e. The van der Waals surface area contributed by atoms with Gasteiger partial charge in [-0.3, -0.25) is 9.69 Å². The Kier molecular flexibility index (Phi) is 6.14. The number of anilines is 1. The number of ketones is 1. The molecule has 162 valence electrons. The smallest absolute Gasteiger partial charge is 0.178 e. The molecule has 1 N–H and O–H groups in total. The Bertz CT molecular complexity index is 1050. The third-order valence-electron chi connectivity index (χ3n) is 6.42. The molecule has 0 unspecified atom stereocenters. The Hall–Kier alpha value is -3.05. The molecule has 0 aliphatic carbocycles. The Morgan fingerprint density at radius 2 is 1.61 bits per heavy atom. The van der Waals surface area contributed by atoms with E-state index in [1.807, 2.05) is 30.3 Å². The van der Waals surface area contributed by atoms with Crippen molar-refractivity contribution in [3.8, 4) is 5.75 Å². The number of aryl methyl sites for hydroxylation is 1. The maximum atomic E-state index is 13.2. The van der Waals surface area contributed by atoms with Crippen LogP contribution in [0.25, 0.3) is 0 Å². The molecule has 0 spiro atoms. The summed E-state index contributed by atoms with van der Waals surface area (Å²) in [6.45, 7) is 9.95. The van der Waals surface area contributed by atoms with Gasteiger partial charge in [0.05, 0.1) is 18.3 Å². The average Bonchev–Trinajstić information content (AvgIpc) is 3.09. The number of hydrogen-bond donors (Lipinski definition) is 1. The van der Waals surface area contributed by atoms with Crippen molar-refractivity contribution in [2.24, 2.45) is 0 Å². The van der Waals surface area contributed by atoms with Crippen LogP contribution in [0.1, 0.15) is 40.3 Å². The number of para-hydroxylation sites is 2. The molecule has 5 nitrogen and oxygen atoms in total. The number of aromatic nitrogens is 1. The van der Waals surface area contributed by atoms with Crippen LogP contribution in [0.5, 0.6) is 5.75 Å². The lowest BCUT2D eigenvalue weighted by atomic mass is 10.1. The molecule has 1 aliphatic rings. The first-order valence-electron chi connectivity index (χ1n) is 11.0. The summed E-state index contributed by atoms with van der Waals surface area (Å²) in [5.41, 5.74) is 5.08. The van der Waals surface area contributed by atoms with Gasteiger partial charge in [-0.15, -0.1) is 0 Å². The number of phenolic OH excluding ortho intramolecular Hbond substituents is 1. The van der Waals surface area contributed by atoms with Crippen LogP contribution in [0.2, 0.25) is 0 Å². The van der Waals surface area contributed by atoms with Gasteiger partial charge in [0.25, 0.3) is 0 Å². The molecule has 0 bridgehead atoms. The second-order valence-electron chi connectivity index (χ2n) is 8.42. The number of nitrogens with zero attached hydrogens (tertiary/aromatic N) is 3. The first-order chi connectivity index (χ1) is 15.0. The number of Topliss-reactive ketones (excluding diaryl/α,β-unsaturated/α-hetero) is 1. The van der Waals surface area contributed by atoms with Crippen molar-refractivity contribution in [2.45, 2.75) is 26.8 Å². The highest BCUT2D eigenvalue weighted by molar-refractivity contribution is 5.99. The van der Waals surface area contributed by atoms with E-state index in [0.717, 1.165) is 48.8 Å². The fourth-order valence-electron chi connectivity index (χ4n) is 4.70. The molecule has 0 saturated carbocycles. The average molecular weight is 418 g/mol. The summed E-state index contributed by atoms with van der Waals surface area (Å²) in [5, 5.41) is 10.1. The zero-order valence-corrected chi connectivity index (χ0v) is 18.6. The van der Waals surface area contributed by atoms with Crippen molar-refractivity contribution in [1.82, 2.24) is 9.47 Å². The molecule has 0 radical (unpaired) electrons.